The zero-order valence-corrected chi connectivity index (χ0v) is 18.0. The van der Waals surface area contributed by atoms with Crippen LogP contribution in [0.3, 0.4) is 0 Å². The Morgan fingerprint density at radius 2 is 1.90 bits per heavy atom. The maximum absolute atomic E-state index is 13.1. The van der Waals surface area contributed by atoms with Gasteiger partial charge in [-0.25, -0.2) is 8.42 Å². The molecule has 2 amide bonds. The predicted molar refractivity (Wildman–Crippen MR) is 112 cm³/mol. The molecular formula is C21H29N3O5S. The summed E-state index contributed by atoms with van der Waals surface area (Å²) in [4.78, 5) is 24.3. The zero-order chi connectivity index (χ0) is 21.3. The summed E-state index contributed by atoms with van der Waals surface area (Å²) in [5, 5.41) is 5.84. The average Bonchev–Trinajstić information content (AvgIpc) is 2.75. The van der Waals surface area contributed by atoms with Crippen LogP contribution in [0.15, 0.2) is 23.1 Å². The van der Waals surface area contributed by atoms with E-state index < -0.39 is 10.0 Å². The lowest BCUT2D eigenvalue weighted by Gasteiger charge is -2.34. The van der Waals surface area contributed by atoms with Gasteiger partial charge in [-0.1, -0.05) is 19.8 Å². The molecule has 0 radical (unpaired) electrons. The van der Waals surface area contributed by atoms with E-state index >= 15 is 0 Å². The fraction of sp³-hybridized carbons (Fsp3) is 0.619. The molecule has 30 heavy (non-hydrogen) atoms. The summed E-state index contributed by atoms with van der Waals surface area (Å²) in [5.74, 6) is 0.551. The first-order valence-electron chi connectivity index (χ1n) is 10.7. The Hall–Kier alpha value is -2.13. The number of piperidine rings is 1. The molecule has 1 saturated carbocycles. The van der Waals surface area contributed by atoms with Gasteiger partial charge < -0.3 is 15.4 Å². The summed E-state index contributed by atoms with van der Waals surface area (Å²) >= 11 is 0. The first kappa shape index (κ1) is 21.1. The predicted octanol–water partition coefficient (Wildman–Crippen LogP) is 2.11. The molecule has 0 bridgehead atoms. The molecule has 8 nitrogen and oxygen atoms in total. The molecule has 2 aliphatic heterocycles. The Morgan fingerprint density at radius 3 is 2.63 bits per heavy atom. The Balaban J connectivity index is 1.38. The molecule has 0 spiro atoms. The average molecular weight is 436 g/mol. The van der Waals surface area contributed by atoms with Crippen molar-refractivity contribution >= 4 is 27.5 Å². The van der Waals surface area contributed by atoms with E-state index in [9.17, 15) is 18.0 Å². The SMILES string of the molecule is C[C@H]1CCCC[C@@H]1NC(=O)C1CCN(S(=O)(=O)c2ccc3c(c2)NC(=O)CO3)CC1. The van der Waals surface area contributed by atoms with Crippen LogP contribution in [-0.2, 0) is 19.6 Å². The Morgan fingerprint density at radius 1 is 1.17 bits per heavy atom. The lowest BCUT2D eigenvalue weighted by Crippen LogP contribution is -2.47. The number of carbonyl (C=O) groups excluding carboxylic acids is 2. The van der Waals surface area contributed by atoms with Crippen molar-refractivity contribution in [1.82, 2.24) is 9.62 Å². The topological polar surface area (TPSA) is 105 Å². The van der Waals surface area contributed by atoms with E-state index in [0.29, 0.717) is 43.3 Å². The van der Waals surface area contributed by atoms with Gasteiger partial charge in [0.05, 0.1) is 10.6 Å². The fourth-order valence-corrected chi connectivity index (χ4v) is 6.06. The van der Waals surface area contributed by atoms with Gasteiger partial charge in [-0.2, -0.15) is 4.31 Å². The van der Waals surface area contributed by atoms with Crippen LogP contribution in [0.1, 0.15) is 45.4 Å². The quantitative estimate of drug-likeness (QED) is 0.754. The van der Waals surface area contributed by atoms with Crippen LogP contribution in [0.5, 0.6) is 5.75 Å². The summed E-state index contributed by atoms with van der Waals surface area (Å²) in [6, 6.07) is 4.73. The van der Waals surface area contributed by atoms with E-state index in [-0.39, 0.29) is 35.3 Å². The van der Waals surface area contributed by atoms with Gasteiger partial charge in [0, 0.05) is 25.0 Å². The van der Waals surface area contributed by atoms with Crippen LogP contribution >= 0.6 is 0 Å². The first-order chi connectivity index (χ1) is 14.3. The number of fused-ring (bicyclic) bond motifs is 1. The number of hydrogen-bond acceptors (Lipinski definition) is 5. The number of nitrogens with one attached hydrogen (secondary N) is 2. The third-order valence-corrected chi connectivity index (χ3v) is 8.38. The summed E-state index contributed by atoms with van der Waals surface area (Å²) in [5.41, 5.74) is 0.364. The van der Waals surface area contributed by atoms with E-state index in [1.54, 1.807) is 6.07 Å². The zero-order valence-electron chi connectivity index (χ0n) is 17.2. The van der Waals surface area contributed by atoms with Crippen molar-refractivity contribution in [2.45, 2.75) is 56.4 Å². The summed E-state index contributed by atoms with van der Waals surface area (Å²) in [7, 11) is -3.70. The maximum Gasteiger partial charge on any atom is 0.262 e. The van der Waals surface area contributed by atoms with Gasteiger partial charge in [-0.05, 0) is 49.8 Å². The number of benzene rings is 1. The van der Waals surface area contributed by atoms with Crippen LogP contribution in [0.25, 0.3) is 0 Å². The van der Waals surface area contributed by atoms with Crippen molar-refractivity contribution in [2.24, 2.45) is 11.8 Å². The van der Waals surface area contributed by atoms with Crippen molar-refractivity contribution < 1.29 is 22.7 Å². The summed E-state index contributed by atoms with van der Waals surface area (Å²) in [6.07, 6.45) is 5.57. The molecule has 164 valence electrons. The highest BCUT2D eigenvalue weighted by Crippen LogP contribution is 2.32. The molecule has 3 aliphatic rings. The number of hydrogen-bond donors (Lipinski definition) is 2. The summed E-state index contributed by atoms with van der Waals surface area (Å²) < 4.78 is 32.8. The fourth-order valence-electron chi connectivity index (χ4n) is 4.56. The van der Waals surface area contributed by atoms with Crippen LogP contribution in [0.2, 0.25) is 0 Å². The molecule has 9 heteroatoms. The molecule has 0 aromatic heterocycles. The van der Waals surface area contributed by atoms with Crippen molar-refractivity contribution in [1.29, 1.82) is 0 Å². The Bertz CT molecular complexity index is 925. The highest BCUT2D eigenvalue weighted by atomic mass is 32.2. The number of sulfonamides is 1. The molecular weight excluding hydrogens is 406 g/mol. The number of nitrogens with zero attached hydrogens (tertiary/aromatic N) is 1. The maximum atomic E-state index is 13.1. The highest BCUT2D eigenvalue weighted by molar-refractivity contribution is 7.89. The summed E-state index contributed by atoms with van der Waals surface area (Å²) in [6.45, 7) is 2.72. The molecule has 1 aromatic rings. The van der Waals surface area contributed by atoms with Crippen molar-refractivity contribution in [3.8, 4) is 5.75 Å². The minimum Gasteiger partial charge on any atom is -0.482 e. The molecule has 1 aliphatic carbocycles. The Labute approximate surface area is 177 Å². The first-order valence-corrected chi connectivity index (χ1v) is 12.2. The smallest absolute Gasteiger partial charge is 0.262 e. The number of ether oxygens (including phenoxy) is 1. The van der Waals surface area contributed by atoms with Gasteiger partial charge in [0.1, 0.15) is 5.75 Å². The highest BCUT2D eigenvalue weighted by Gasteiger charge is 2.34. The van der Waals surface area contributed by atoms with E-state index in [1.807, 2.05) is 0 Å². The minimum atomic E-state index is -3.70. The molecule has 2 N–H and O–H groups in total. The lowest BCUT2D eigenvalue weighted by atomic mass is 9.85. The third kappa shape index (κ3) is 4.32. The molecule has 1 aromatic carbocycles. The van der Waals surface area contributed by atoms with Crippen LogP contribution < -0.4 is 15.4 Å². The molecule has 2 heterocycles. The second-order valence-corrected chi connectivity index (χ2v) is 10.5. The standard InChI is InChI=1S/C21H29N3O5S/c1-14-4-2-3-5-17(14)23-21(26)15-8-10-24(11-9-15)30(27,28)16-6-7-19-18(12-16)22-20(25)13-29-19/h6-7,12,14-15,17H,2-5,8-11,13H2,1H3,(H,22,25)(H,23,26)/t14-,17-/m0/s1. The van der Waals surface area contributed by atoms with E-state index in [1.165, 1.54) is 22.9 Å². The minimum absolute atomic E-state index is 0.0550. The second-order valence-electron chi connectivity index (χ2n) is 8.55. The van der Waals surface area contributed by atoms with Crippen molar-refractivity contribution in [2.75, 3.05) is 25.0 Å². The third-order valence-electron chi connectivity index (χ3n) is 6.49. The van der Waals surface area contributed by atoms with E-state index in [4.69, 9.17) is 4.74 Å². The van der Waals surface area contributed by atoms with Crippen LogP contribution in [0.4, 0.5) is 5.69 Å². The van der Waals surface area contributed by atoms with Gasteiger partial charge in [-0.15, -0.1) is 0 Å². The van der Waals surface area contributed by atoms with Gasteiger partial charge in [0.2, 0.25) is 15.9 Å². The Kier molecular flexibility index (Phi) is 6.02. The number of anilines is 1. The van der Waals surface area contributed by atoms with Crippen molar-refractivity contribution in [3.05, 3.63) is 18.2 Å². The molecule has 0 unspecified atom stereocenters. The normalized spacial score (nSPS) is 25.7. The van der Waals surface area contributed by atoms with Gasteiger partial charge in [-0.3, -0.25) is 9.59 Å². The van der Waals surface area contributed by atoms with Gasteiger partial charge in [0.15, 0.2) is 6.61 Å². The van der Waals surface area contributed by atoms with E-state index in [2.05, 4.69) is 17.6 Å². The molecule has 4 rings (SSSR count). The number of rotatable bonds is 4. The monoisotopic (exact) mass is 435 g/mol. The van der Waals surface area contributed by atoms with Crippen molar-refractivity contribution in [3.63, 3.8) is 0 Å². The van der Waals surface area contributed by atoms with Gasteiger partial charge in [0.25, 0.3) is 5.91 Å². The van der Waals surface area contributed by atoms with Gasteiger partial charge >= 0.3 is 0 Å². The molecule has 2 fully saturated rings. The largest absolute Gasteiger partial charge is 0.482 e. The molecule has 1 saturated heterocycles. The lowest BCUT2D eigenvalue weighted by molar-refractivity contribution is -0.127. The second kappa shape index (κ2) is 8.55. The van der Waals surface area contributed by atoms with E-state index in [0.717, 1.165) is 19.3 Å². The number of carbonyl (C=O) groups is 2. The van der Waals surface area contributed by atoms with Crippen LogP contribution in [-0.4, -0.2) is 50.3 Å². The number of amides is 2. The molecule has 2 atom stereocenters. The van der Waals surface area contributed by atoms with Crippen LogP contribution in [0, 0.1) is 11.8 Å².